The van der Waals surface area contributed by atoms with Crippen LogP contribution in [0, 0.1) is 5.92 Å². The molecule has 0 spiro atoms. The van der Waals surface area contributed by atoms with Crippen LogP contribution in [-0.2, 0) is 4.79 Å². The summed E-state index contributed by atoms with van der Waals surface area (Å²) in [5, 5.41) is 6.54. The van der Waals surface area contributed by atoms with Gasteiger partial charge in [0.05, 0.1) is 6.54 Å². The van der Waals surface area contributed by atoms with Crippen LogP contribution in [-0.4, -0.2) is 74.1 Å². The molecule has 26 heavy (non-hydrogen) atoms. The smallest absolute Gasteiger partial charge is 0.234 e. The highest BCUT2D eigenvalue weighted by atomic mass is 35.5. The highest BCUT2D eigenvalue weighted by Crippen LogP contribution is 2.31. The molecule has 2 heterocycles. The molecule has 2 N–H and O–H groups in total. The highest BCUT2D eigenvalue weighted by Gasteiger charge is 2.39. The molecule has 156 valence electrons. The predicted molar refractivity (Wildman–Crippen MR) is 115 cm³/mol. The van der Waals surface area contributed by atoms with Crippen LogP contribution in [0.3, 0.4) is 0 Å². The van der Waals surface area contributed by atoms with Gasteiger partial charge in [0, 0.05) is 12.1 Å². The number of rotatable bonds is 7. The number of hydrogen-bond donors (Lipinski definition) is 2. The molecule has 1 aliphatic carbocycles. The van der Waals surface area contributed by atoms with Gasteiger partial charge in [0.15, 0.2) is 0 Å². The minimum atomic E-state index is 0. The van der Waals surface area contributed by atoms with E-state index in [0.29, 0.717) is 6.54 Å². The lowest BCUT2D eigenvalue weighted by molar-refractivity contribution is -0.121. The Morgan fingerprint density at radius 3 is 2.19 bits per heavy atom. The Bertz CT molecular complexity index is 396. The van der Waals surface area contributed by atoms with Crippen LogP contribution in [0.1, 0.15) is 44.9 Å². The zero-order valence-corrected chi connectivity index (χ0v) is 18.5. The number of carbonyl (C=O) groups is 1. The average Bonchev–Trinajstić information content (AvgIpc) is 3.40. The Hall–Kier alpha value is 0.220. The molecule has 1 saturated carbocycles. The van der Waals surface area contributed by atoms with E-state index in [4.69, 9.17) is 0 Å². The fourth-order valence-corrected chi connectivity index (χ4v) is 4.05. The maximum absolute atomic E-state index is 12.2. The Morgan fingerprint density at radius 2 is 1.62 bits per heavy atom. The standard InChI is InChI=1S/C18H34N4O.3ClH/c1-21-11-7-18(8-12-21,22-9-3-2-4-10-22)15-20-17(23)14-19-13-16-5-6-16;;;/h16,19H,2-15H2,1H3,(H,20,23);3*1H. The summed E-state index contributed by atoms with van der Waals surface area (Å²) in [5.41, 5.74) is 0.194. The molecule has 0 radical (unpaired) electrons. The molecule has 1 amide bonds. The predicted octanol–water partition coefficient (Wildman–Crippen LogP) is 2.32. The summed E-state index contributed by atoms with van der Waals surface area (Å²) in [6, 6.07) is 0. The van der Waals surface area contributed by atoms with E-state index >= 15 is 0 Å². The van der Waals surface area contributed by atoms with Gasteiger partial charge < -0.3 is 15.5 Å². The van der Waals surface area contributed by atoms with Gasteiger partial charge in [0.1, 0.15) is 0 Å². The third-order valence-electron chi connectivity index (χ3n) is 5.97. The molecule has 3 fully saturated rings. The fraction of sp³-hybridized carbons (Fsp3) is 0.944. The highest BCUT2D eigenvalue weighted by molar-refractivity contribution is 5.86. The maximum atomic E-state index is 12.2. The summed E-state index contributed by atoms with van der Waals surface area (Å²) >= 11 is 0. The number of hydrogen-bond acceptors (Lipinski definition) is 4. The van der Waals surface area contributed by atoms with E-state index in [1.807, 2.05) is 0 Å². The Balaban J connectivity index is 0.00000208. The van der Waals surface area contributed by atoms with Crippen LogP contribution in [0.2, 0.25) is 0 Å². The molecule has 2 aliphatic heterocycles. The van der Waals surface area contributed by atoms with Crippen molar-refractivity contribution in [3.63, 3.8) is 0 Å². The number of piperidine rings is 2. The second-order valence-corrected chi connectivity index (χ2v) is 7.93. The van der Waals surface area contributed by atoms with E-state index in [1.165, 1.54) is 58.0 Å². The molecule has 0 aromatic heterocycles. The van der Waals surface area contributed by atoms with E-state index < -0.39 is 0 Å². The maximum Gasteiger partial charge on any atom is 0.234 e. The summed E-state index contributed by atoms with van der Waals surface area (Å²) in [6.07, 6.45) is 9.02. The first kappa shape index (κ1) is 26.2. The molecule has 0 aromatic rings. The van der Waals surface area contributed by atoms with Crippen molar-refractivity contribution in [3.8, 4) is 0 Å². The summed E-state index contributed by atoms with van der Waals surface area (Å²) < 4.78 is 0. The van der Waals surface area contributed by atoms with Gasteiger partial charge in [0.2, 0.25) is 5.91 Å². The van der Waals surface area contributed by atoms with Gasteiger partial charge in [-0.25, -0.2) is 0 Å². The molecule has 5 nitrogen and oxygen atoms in total. The molecule has 8 heteroatoms. The van der Waals surface area contributed by atoms with E-state index in [-0.39, 0.29) is 48.7 Å². The molecule has 0 unspecified atom stereocenters. The van der Waals surface area contributed by atoms with Crippen LogP contribution >= 0.6 is 37.2 Å². The zero-order valence-electron chi connectivity index (χ0n) is 16.0. The summed E-state index contributed by atoms with van der Waals surface area (Å²) in [5.74, 6) is 0.998. The molecule has 2 saturated heterocycles. The molecular weight excluding hydrogens is 395 g/mol. The molecule has 0 bridgehead atoms. The number of carbonyl (C=O) groups excluding carboxylic acids is 1. The van der Waals surface area contributed by atoms with Crippen LogP contribution < -0.4 is 10.6 Å². The first-order valence-electron chi connectivity index (χ1n) is 9.59. The molecule has 3 aliphatic rings. The largest absolute Gasteiger partial charge is 0.353 e. The van der Waals surface area contributed by atoms with Gasteiger partial charge in [-0.1, -0.05) is 6.42 Å². The zero-order chi connectivity index (χ0) is 16.1. The van der Waals surface area contributed by atoms with E-state index in [1.54, 1.807) is 0 Å². The second-order valence-electron chi connectivity index (χ2n) is 7.93. The molecular formula is C18H37Cl3N4O. The van der Waals surface area contributed by atoms with Gasteiger partial charge in [-0.2, -0.15) is 0 Å². The Labute approximate surface area is 177 Å². The van der Waals surface area contributed by atoms with E-state index in [9.17, 15) is 4.79 Å². The van der Waals surface area contributed by atoms with Crippen molar-refractivity contribution in [3.05, 3.63) is 0 Å². The van der Waals surface area contributed by atoms with Crippen LogP contribution in [0.5, 0.6) is 0 Å². The van der Waals surface area contributed by atoms with Gasteiger partial charge in [-0.3, -0.25) is 9.69 Å². The number of amides is 1. The van der Waals surface area contributed by atoms with Gasteiger partial charge in [-0.05, 0) is 84.2 Å². The first-order chi connectivity index (χ1) is 11.2. The van der Waals surface area contributed by atoms with Gasteiger partial charge >= 0.3 is 0 Å². The lowest BCUT2D eigenvalue weighted by Gasteiger charge is -2.50. The Morgan fingerprint density at radius 1 is 1.00 bits per heavy atom. The van der Waals surface area contributed by atoms with Crippen molar-refractivity contribution in [2.45, 2.75) is 50.5 Å². The number of likely N-dealkylation sites (tertiary alicyclic amines) is 2. The van der Waals surface area contributed by atoms with Crippen LogP contribution in [0.25, 0.3) is 0 Å². The summed E-state index contributed by atoms with van der Waals surface area (Å²) in [6.45, 7) is 7.02. The summed E-state index contributed by atoms with van der Waals surface area (Å²) in [4.78, 5) is 17.3. The van der Waals surface area contributed by atoms with Gasteiger partial charge in [0.25, 0.3) is 0 Å². The van der Waals surface area contributed by atoms with Gasteiger partial charge in [-0.15, -0.1) is 37.2 Å². The van der Waals surface area contributed by atoms with Crippen molar-refractivity contribution in [1.82, 2.24) is 20.4 Å². The SMILES string of the molecule is CN1CCC(CNC(=O)CNCC2CC2)(N2CCCCC2)CC1.Cl.Cl.Cl. The van der Waals surface area contributed by atoms with Crippen LogP contribution in [0.15, 0.2) is 0 Å². The first-order valence-corrected chi connectivity index (χ1v) is 9.59. The van der Waals surface area contributed by atoms with Crippen LogP contribution in [0.4, 0.5) is 0 Å². The minimum absolute atomic E-state index is 0. The number of nitrogens with zero attached hydrogens (tertiary/aromatic N) is 2. The number of halogens is 3. The summed E-state index contributed by atoms with van der Waals surface area (Å²) in [7, 11) is 2.21. The quantitative estimate of drug-likeness (QED) is 0.649. The minimum Gasteiger partial charge on any atom is -0.353 e. The fourth-order valence-electron chi connectivity index (χ4n) is 4.05. The average molecular weight is 432 g/mol. The third-order valence-corrected chi connectivity index (χ3v) is 5.97. The van der Waals surface area contributed by atoms with Crippen molar-refractivity contribution in [2.24, 2.45) is 5.92 Å². The lowest BCUT2D eigenvalue weighted by Crippen LogP contribution is -2.61. The topological polar surface area (TPSA) is 47.6 Å². The van der Waals surface area contributed by atoms with E-state index in [0.717, 1.165) is 32.1 Å². The molecule has 0 atom stereocenters. The third kappa shape index (κ3) is 7.69. The molecule has 3 rings (SSSR count). The number of nitrogens with one attached hydrogen (secondary N) is 2. The van der Waals surface area contributed by atoms with Crippen molar-refractivity contribution < 1.29 is 4.79 Å². The lowest BCUT2D eigenvalue weighted by atomic mass is 9.84. The van der Waals surface area contributed by atoms with Crippen molar-refractivity contribution >= 4 is 43.1 Å². The van der Waals surface area contributed by atoms with Crippen molar-refractivity contribution in [2.75, 3.05) is 52.9 Å². The monoisotopic (exact) mass is 430 g/mol. The van der Waals surface area contributed by atoms with Crippen molar-refractivity contribution in [1.29, 1.82) is 0 Å². The van der Waals surface area contributed by atoms with E-state index in [2.05, 4.69) is 27.5 Å². The normalized spacial score (nSPS) is 23.1. The molecule has 0 aromatic carbocycles. The Kier molecular flexibility index (Phi) is 12.7. The second kappa shape index (κ2) is 12.6.